The predicted octanol–water partition coefficient (Wildman–Crippen LogP) is 4.18. The lowest BCUT2D eigenvalue weighted by Gasteiger charge is -2.35. The van der Waals surface area contributed by atoms with E-state index in [0.717, 1.165) is 23.2 Å². The molecule has 0 spiro atoms. The van der Waals surface area contributed by atoms with Gasteiger partial charge in [-0.15, -0.1) is 0 Å². The normalized spacial score (nSPS) is 13.9. The van der Waals surface area contributed by atoms with E-state index in [9.17, 15) is 27.1 Å². The molecule has 1 aliphatic rings. The molecule has 202 valence electrons. The second-order valence-corrected chi connectivity index (χ2v) is 10.4. The number of anilines is 2. The molecule has 0 radical (unpaired) electrons. The van der Waals surface area contributed by atoms with Crippen molar-refractivity contribution in [2.24, 2.45) is 0 Å². The standard InChI is InChI=1S/C26H23F2N5O5S/c1-38-25-21(31-39(36,37)23-8-6-18(27)14-19(23)28)13-17(15-29-25)20-7-5-16-3-2-4-22(24(16)30-20)32-9-11-33(12-10-32)26(34)35/h2-8,13-15,31H,9-12H2,1H3,(H,34,35). The minimum Gasteiger partial charge on any atom is -0.480 e. The number of sulfonamides is 1. The van der Waals surface area contributed by atoms with Crippen molar-refractivity contribution in [3.05, 3.63) is 72.4 Å². The van der Waals surface area contributed by atoms with Crippen molar-refractivity contribution >= 4 is 38.4 Å². The van der Waals surface area contributed by atoms with Gasteiger partial charge in [0.25, 0.3) is 10.0 Å². The van der Waals surface area contributed by atoms with Gasteiger partial charge in [-0.3, -0.25) is 4.72 Å². The summed E-state index contributed by atoms with van der Waals surface area (Å²) in [6.45, 7) is 1.75. The third-order valence-electron chi connectivity index (χ3n) is 6.36. The van der Waals surface area contributed by atoms with Crippen LogP contribution in [0.4, 0.5) is 25.0 Å². The zero-order valence-electron chi connectivity index (χ0n) is 20.6. The van der Waals surface area contributed by atoms with Crippen LogP contribution in [0.3, 0.4) is 0 Å². The van der Waals surface area contributed by atoms with E-state index in [1.54, 1.807) is 6.07 Å². The molecule has 0 atom stereocenters. The zero-order valence-corrected chi connectivity index (χ0v) is 21.5. The first kappa shape index (κ1) is 26.1. The molecular weight excluding hydrogens is 532 g/mol. The van der Waals surface area contributed by atoms with E-state index in [2.05, 4.69) is 14.6 Å². The second kappa shape index (κ2) is 10.3. The third-order valence-corrected chi connectivity index (χ3v) is 7.76. The average molecular weight is 556 g/mol. The molecule has 0 aliphatic carbocycles. The van der Waals surface area contributed by atoms with E-state index in [4.69, 9.17) is 9.72 Å². The summed E-state index contributed by atoms with van der Waals surface area (Å²) in [6.07, 6.45) is 0.519. The highest BCUT2D eigenvalue weighted by Gasteiger charge is 2.24. The topological polar surface area (TPSA) is 125 Å². The van der Waals surface area contributed by atoms with Gasteiger partial charge in [0, 0.05) is 49.4 Å². The Kier molecular flexibility index (Phi) is 6.91. The molecule has 0 bridgehead atoms. The van der Waals surface area contributed by atoms with Crippen molar-refractivity contribution in [1.82, 2.24) is 14.9 Å². The largest absolute Gasteiger partial charge is 0.480 e. The predicted molar refractivity (Wildman–Crippen MR) is 141 cm³/mol. The minimum atomic E-state index is -4.44. The Balaban J connectivity index is 1.50. The van der Waals surface area contributed by atoms with Crippen LogP contribution < -0.4 is 14.4 Å². The van der Waals surface area contributed by atoms with Gasteiger partial charge in [0.15, 0.2) is 0 Å². The van der Waals surface area contributed by atoms with Gasteiger partial charge < -0.3 is 19.6 Å². The van der Waals surface area contributed by atoms with Crippen LogP contribution in [0, 0.1) is 11.6 Å². The first-order valence-electron chi connectivity index (χ1n) is 11.8. The molecule has 3 heterocycles. The quantitative estimate of drug-likeness (QED) is 0.363. The van der Waals surface area contributed by atoms with Crippen LogP contribution in [0.15, 0.2) is 65.7 Å². The zero-order chi connectivity index (χ0) is 27.7. The number of methoxy groups -OCH3 is 1. The van der Waals surface area contributed by atoms with Crippen molar-refractivity contribution in [2.75, 3.05) is 42.9 Å². The van der Waals surface area contributed by atoms with Gasteiger partial charge in [-0.1, -0.05) is 18.2 Å². The lowest BCUT2D eigenvalue weighted by atomic mass is 10.1. The number of aromatic nitrogens is 2. The van der Waals surface area contributed by atoms with Gasteiger partial charge in [0.2, 0.25) is 5.88 Å². The van der Waals surface area contributed by atoms with Gasteiger partial charge in [0.1, 0.15) is 22.2 Å². The molecule has 1 aliphatic heterocycles. The number of hydrogen-bond donors (Lipinski definition) is 2. The van der Waals surface area contributed by atoms with E-state index in [1.807, 2.05) is 24.3 Å². The summed E-state index contributed by atoms with van der Waals surface area (Å²) < 4.78 is 60.8. The highest BCUT2D eigenvalue weighted by atomic mass is 32.2. The van der Waals surface area contributed by atoms with Crippen molar-refractivity contribution in [1.29, 1.82) is 0 Å². The molecule has 5 rings (SSSR count). The van der Waals surface area contributed by atoms with E-state index >= 15 is 0 Å². The Labute approximate surface area is 222 Å². The molecule has 1 fully saturated rings. The molecule has 1 amide bonds. The third kappa shape index (κ3) is 5.25. The van der Waals surface area contributed by atoms with Crippen LogP contribution in [-0.4, -0.2) is 67.8 Å². The molecular formula is C26H23F2N5O5S. The fraction of sp³-hybridized carbons (Fsp3) is 0.192. The van der Waals surface area contributed by atoms with Crippen molar-refractivity contribution in [2.45, 2.75) is 4.90 Å². The first-order valence-corrected chi connectivity index (χ1v) is 13.3. The summed E-state index contributed by atoms with van der Waals surface area (Å²) in [4.78, 5) is 23.0. The smallest absolute Gasteiger partial charge is 0.407 e. The highest BCUT2D eigenvalue weighted by Crippen LogP contribution is 2.33. The summed E-state index contributed by atoms with van der Waals surface area (Å²) in [5.41, 5.74) is 2.42. The van der Waals surface area contributed by atoms with E-state index in [-0.39, 0.29) is 11.6 Å². The Morgan fingerprint density at radius 3 is 2.51 bits per heavy atom. The Hall–Kier alpha value is -4.52. The monoisotopic (exact) mass is 555 g/mol. The number of ether oxygens (including phenoxy) is 1. The fourth-order valence-electron chi connectivity index (χ4n) is 4.41. The van der Waals surface area contributed by atoms with Gasteiger partial charge in [-0.2, -0.15) is 0 Å². The maximum Gasteiger partial charge on any atom is 0.407 e. The van der Waals surface area contributed by atoms with Crippen LogP contribution in [0.1, 0.15) is 0 Å². The highest BCUT2D eigenvalue weighted by molar-refractivity contribution is 7.92. The number of amides is 1. The number of fused-ring (bicyclic) bond motifs is 1. The van der Waals surface area contributed by atoms with Crippen LogP contribution in [0.25, 0.3) is 22.2 Å². The molecule has 39 heavy (non-hydrogen) atoms. The van der Waals surface area contributed by atoms with Gasteiger partial charge in [-0.25, -0.2) is 32.0 Å². The molecule has 13 heteroatoms. The minimum absolute atomic E-state index is 0.0531. The summed E-state index contributed by atoms with van der Waals surface area (Å²) >= 11 is 0. The number of nitrogens with one attached hydrogen (secondary N) is 1. The van der Waals surface area contributed by atoms with Crippen LogP contribution in [0.2, 0.25) is 0 Å². The van der Waals surface area contributed by atoms with Gasteiger partial charge >= 0.3 is 6.09 Å². The number of rotatable bonds is 6. The molecule has 4 aromatic rings. The fourth-order valence-corrected chi connectivity index (χ4v) is 5.52. The van der Waals surface area contributed by atoms with Crippen LogP contribution >= 0.6 is 0 Å². The molecule has 2 aromatic heterocycles. The number of para-hydroxylation sites is 1. The number of carbonyl (C=O) groups is 1. The van der Waals surface area contributed by atoms with Crippen LogP contribution in [0.5, 0.6) is 5.88 Å². The number of pyridine rings is 2. The molecule has 0 unspecified atom stereocenters. The summed E-state index contributed by atoms with van der Waals surface area (Å²) in [5.74, 6) is -2.20. The van der Waals surface area contributed by atoms with E-state index in [1.165, 1.54) is 24.3 Å². The molecule has 1 saturated heterocycles. The average Bonchev–Trinajstić information content (AvgIpc) is 2.92. The number of carboxylic acid groups (broad SMARTS) is 1. The summed E-state index contributed by atoms with van der Waals surface area (Å²) in [5, 5.41) is 10.1. The number of piperazine rings is 1. The van der Waals surface area contributed by atoms with Crippen molar-refractivity contribution in [3.63, 3.8) is 0 Å². The number of halogens is 2. The molecule has 2 N–H and O–H groups in total. The lowest BCUT2D eigenvalue weighted by Crippen LogP contribution is -2.48. The SMILES string of the molecule is COc1ncc(-c2ccc3cccc(N4CCN(C(=O)O)CC4)c3n2)cc1NS(=O)(=O)c1ccc(F)cc1F. The molecule has 0 saturated carbocycles. The number of hydrogen-bond acceptors (Lipinski definition) is 7. The van der Waals surface area contributed by atoms with E-state index in [0.29, 0.717) is 49.0 Å². The second-order valence-electron chi connectivity index (χ2n) is 8.76. The Morgan fingerprint density at radius 1 is 1.05 bits per heavy atom. The Morgan fingerprint density at radius 2 is 1.82 bits per heavy atom. The molecule has 10 nitrogen and oxygen atoms in total. The molecule has 2 aromatic carbocycles. The van der Waals surface area contributed by atoms with Crippen LogP contribution in [-0.2, 0) is 10.0 Å². The number of benzene rings is 2. The first-order chi connectivity index (χ1) is 18.7. The van der Waals surface area contributed by atoms with E-state index < -0.39 is 32.6 Å². The summed E-state index contributed by atoms with van der Waals surface area (Å²) in [7, 11) is -3.13. The maximum atomic E-state index is 14.2. The van der Waals surface area contributed by atoms with Crippen molar-refractivity contribution in [3.8, 4) is 17.1 Å². The van der Waals surface area contributed by atoms with Gasteiger partial charge in [0.05, 0.1) is 24.0 Å². The number of nitrogens with zero attached hydrogens (tertiary/aromatic N) is 4. The van der Waals surface area contributed by atoms with Crippen molar-refractivity contribution < 1.29 is 31.8 Å². The maximum absolute atomic E-state index is 14.2. The Bertz CT molecular complexity index is 1680. The van der Waals surface area contributed by atoms with Gasteiger partial charge in [-0.05, 0) is 30.3 Å². The summed E-state index contributed by atoms with van der Waals surface area (Å²) in [6, 6.07) is 13.0. The lowest BCUT2D eigenvalue weighted by molar-refractivity contribution is 0.142.